The maximum absolute atomic E-state index is 14.1. The minimum Gasteiger partial charge on any atom is -0.366 e. The van der Waals surface area contributed by atoms with Crippen molar-refractivity contribution in [1.29, 1.82) is 0 Å². The predicted molar refractivity (Wildman–Crippen MR) is 159 cm³/mol. The molecule has 2 aliphatic heterocycles. The van der Waals surface area contributed by atoms with Crippen molar-refractivity contribution < 1.29 is 9.53 Å². The summed E-state index contributed by atoms with van der Waals surface area (Å²) >= 11 is 0. The number of nitrogens with one attached hydrogen (secondary N) is 1. The Bertz CT molecular complexity index is 1540. The number of aromatic nitrogens is 1. The van der Waals surface area contributed by atoms with E-state index in [2.05, 4.69) is 58.4 Å². The molecule has 0 bridgehead atoms. The molecule has 1 amide bonds. The first-order chi connectivity index (χ1) is 19.6. The molecule has 6 nitrogen and oxygen atoms in total. The maximum atomic E-state index is 14.1. The quantitative estimate of drug-likeness (QED) is 0.286. The number of hydrogen-bond acceptors (Lipinski definition) is 4. The van der Waals surface area contributed by atoms with Gasteiger partial charge in [-0.1, -0.05) is 60.7 Å². The van der Waals surface area contributed by atoms with Crippen LogP contribution < -0.4 is 0 Å². The van der Waals surface area contributed by atoms with E-state index in [4.69, 9.17) is 9.73 Å². The molecule has 0 radical (unpaired) electrons. The van der Waals surface area contributed by atoms with Gasteiger partial charge >= 0.3 is 0 Å². The molecular weight excluding hydrogens is 496 g/mol. The Morgan fingerprint density at radius 3 is 2.50 bits per heavy atom. The molecule has 4 aromatic rings. The lowest BCUT2D eigenvalue weighted by molar-refractivity contribution is -0.131. The fraction of sp³-hybridized carbons (Fsp3) is 0.353. The van der Waals surface area contributed by atoms with E-state index in [1.54, 1.807) is 0 Å². The Hall–Kier alpha value is -3.74. The van der Waals surface area contributed by atoms with Crippen LogP contribution in [0.25, 0.3) is 22.0 Å². The highest BCUT2D eigenvalue weighted by Gasteiger charge is 2.47. The number of carbonyl (C=O) groups excluding carboxylic acids is 1. The van der Waals surface area contributed by atoms with Crippen molar-refractivity contribution in [3.63, 3.8) is 0 Å². The summed E-state index contributed by atoms with van der Waals surface area (Å²) in [5, 5.41) is 1.20. The fourth-order valence-electron chi connectivity index (χ4n) is 6.13. The Balaban J connectivity index is 1.14. The molecule has 204 valence electrons. The van der Waals surface area contributed by atoms with Crippen LogP contribution in [0.2, 0.25) is 0 Å². The van der Waals surface area contributed by atoms with Gasteiger partial charge in [-0.25, -0.2) is 4.99 Å². The van der Waals surface area contributed by atoms with Gasteiger partial charge < -0.3 is 9.72 Å². The van der Waals surface area contributed by atoms with Crippen LogP contribution in [-0.4, -0.2) is 59.5 Å². The Morgan fingerprint density at radius 1 is 0.925 bits per heavy atom. The summed E-state index contributed by atoms with van der Waals surface area (Å²) < 4.78 is 5.95. The van der Waals surface area contributed by atoms with Crippen LogP contribution in [-0.2, 0) is 15.1 Å². The average Bonchev–Trinajstić information content (AvgIpc) is 3.39. The lowest BCUT2D eigenvalue weighted by Gasteiger charge is -2.26. The molecule has 1 saturated carbocycles. The molecule has 3 aliphatic rings. The van der Waals surface area contributed by atoms with E-state index in [0.717, 1.165) is 60.1 Å². The highest BCUT2D eigenvalue weighted by atomic mass is 16.5. The number of rotatable bonds is 9. The molecule has 1 aliphatic carbocycles. The number of carbonyl (C=O) groups is 1. The molecule has 7 rings (SSSR count). The largest absolute Gasteiger partial charge is 0.366 e. The maximum Gasteiger partial charge on any atom is 0.260 e. The predicted octanol–water partition coefficient (Wildman–Crippen LogP) is 6.05. The standard InChI is InChI=1S/C34H36N4O2/c1-34(30-5-3-2-4-6-30)33(39)38(21-25-16-18-37(20-25)23-40-22-24-7-8-24)32(36-34)27-11-9-26(10-12-27)28-13-14-31-29(19-28)15-17-35-31/h2-6,9-15,17,19,24-25,35H,7-8,16,18,20-23H2,1H3. The van der Waals surface area contributed by atoms with Gasteiger partial charge in [0.25, 0.3) is 5.91 Å². The Kier molecular flexibility index (Phi) is 6.53. The number of aliphatic imine (C=N–C) groups is 1. The normalized spacial score (nSPS) is 23.3. The zero-order valence-corrected chi connectivity index (χ0v) is 23.1. The third-order valence-electron chi connectivity index (χ3n) is 8.75. The van der Waals surface area contributed by atoms with Crippen LogP contribution in [0.4, 0.5) is 0 Å². The number of likely N-dealkylation sites (tertiary alicyclic amines) is 1. The minimum absolute atomic E-state index is 0.0547. The molecule has 1 N–H and O–H groups in total. The second kappa shape index (κ2) is 10.3. The van der Waals surface area contributed by atoms with Crippen LogP contribution in [0.3, 0.4) is 0 Å². The first-order valence-electron chi connectivity index (χ1n) is 14.5. The van der Waals surface area contributed by atoms with E-state index >= 15 is 0 Å². The van der Waals surface area contributed by atoms with E-state index in [-0.39, 0.29) is 5.91 Å². The number of hydrogen-bond donors (Lipinski definition) is 1. The van der Waals surface area contributed by atoms with Gasteiger partial charge in [0, 0.05) is 36.9 Å². The van der Waals surface area contributed by atoms with Crippen molar-refractivity contribution in [3.05, 3.63) is 96.2 Å². The van der Waals surface area contributed by atoms with Crippen LogP contribution in [0.1, 0.15) is 37.3 Å². The Labute approximate surface area is 235 Å². The molecule has 0 spiro atoms. The van der Waals surface area contributed by atoms with Crippen LogP contribution in [0, 0.1) is 11.8 Å². The van der Waals surface area contributed by atoms with Crippen molar-refractivity contribution in [2.45, 2.75) is 31.7 Å². The smallest absolute Gasteiger partial charge is 0.260 e. The molecular formula is C34H36N4O2. The van der Waals surface area contributed by atoms with E-state index < -0.39 is 5.54 Å². The second-order valence-electron chi connectivity index (χ2n) is 11.8. The van der Waals surface area contributed by atoms with Crippen molar-refractivity contribution in [2.75, 3.05) is 33.0 Å². The van der Waals surface area contributed by atoms with Gasteiger partial charge in [0.05, 0.1) is 13.3 Å². The fourth-order valence-corrected chi connectivity index (χ4v) is 6.13. The molecule has 3 heterocycles. The number of nitrogens with zero attached hydrogens (tertiary/aromatic N) is 3. The summed E-state index contributed by atoms with van der Waals surface area (Å²) in [6.45, 7) is 6.17. The number of benzene rings is 3. The van der Waals surface area contributed by atoms with E-state index in [1.807, 2.05) is 48.4 Å². The average molecular weight is 533 g/mol. The van der Waals surface area contributed by atoms with Crippen LogP contribution >= 0.6 is 0 Å². The summed E-state index contributed by atoms with van der Waals surface area (Å²) in [7, 11) is 0. The highest BCUT2D eigenvalue weighted by molar-refractivity contribution is 6.15. The summed E-state index contributed by atoms with van der Waals surface area (Å²) in [6, 6.07) is 27.0. The SMILES string of the molecule is CC1(c2ccccc2)N=C(c2ccc(-c3ccc4[nH]ccc4c3)cc2)N(CC2CCN(COCC3CC3)C2)C1=O. The molecule has 2 unspecified atom stereocenters. The molecule has 2 fully saturated rings. The zero-order chi connectivity index (χ0) is 27.1. The van der Waals surface area contributed by atoms with E-state index in [9.17, 15) is 4.79 Å². The van der Waals surface area contributed by atoms with Crippen molar-refractivity contribution in [2.24, 2.45) is 16.8 Å². The number of aromatic amines is 1. The van der Waals surface area contributed by atoms with Gasteiger partial charge in [-0.15, -0.1) is 0 Å². The number of ether oxygens (including phenoxy) is 1. The first kappa shape index (κ1) is 25.2. The van der Waals surface area contributed by atoms with Gasteiger partial charge in [-0.2, -0.15) is 0 Å². The van der Waals surface area contributed by atoms with Crippen molar-refractivity contribution >= 4 is 22.6 Å². The number of amidine groups is 1. The molecule has 6 heteroatoms. The van der Waals surface area contributed by atoms with E-state index in [0.29, 0.717) is 19.2 Å². The molecule has 40 heavy (non-hydrogen) atoms. The summed E-state index contributed by atoms with van der Waals surface area (Å²) in [5.74, 6) is 1.99. The van der Waals surface area contributed by atoms with Gasteiger partial charge in [0.2, 0.25) is 0 Å². The molecule has 2 atom stereocenters. The van der Waals surface area contributed by atoms with E-state index in [1.165, 1.54) is 23.8 Å². The topological polar surface area (TPSA) is 60.9 Å². The zero-order valence-electron chi connectivity index (χ0n) is 23.1. The lowest BCUT2D eigenvalue weighted by Crippen LogP contribution is -2.42. The number of amides is 1. The second-order valence-corrected chi connectivity index (χ2v) is 11.8. The lowest BCUT2D eigenvalue weighted by atomic mass is 9.92. The van der Waals surface area contributed by atoms with Crippen LogP contribution in [0.5, 0.6) is 0 Å². The minimum atomic E-state index is -0.930. The highest BCUT2D eigenvalue weighted by Crippen LogP contribution is 2.36. The first-order valence-corrected chi connectivity index (χ1v) is 14.5. The summed E-state index contributed by atoms with van der Waals surface area (Å²) in [6.07, 6.45) is 5.65. The third kappa shape index (κ3) is 4.87. The number of fused-ring (bicyclic) bond motifs is 1. The summed E-state index contributed by atoms with van der Waals surface area (Å²) in [4.78, 5) is 26.8. The summed E-state index contributed by atoms with van der Waals surface area (Å²) in [5.41, 5.74) is 4.42. The van der Waals surface area contributed by atoms with Crippen molar-refractivity contribution in [3.8, 4) is 11.1 Å². The van der Waals surface area contributed by atoms with Crippen molar-refractivity contribution in [1.82, 2.24) is 14.8 Å². The van der Waals surface area contributed by atoms with Gasteiger partial charge in [-0.3, -0.25) is 14.6 Å². The van der Waals surface area contributed by atoms with Crippen LogP contribution in [0.15, 0.2) is 90.1 Å². The monoisotopic (exact) mass is 532 g/mol. The van der Waals surface area contributed by atoms with Gasteiger partial charge in [-0.05, 0) is 78.3 Å². The van der Waals surface area contributed by atoms with Gasteiger partial charge in [0.1, 0.15) is 5.84 Å². The molecule has 1 aromatic heterocycles. The molecule has 3 aromatic carbocycles. The Morgan fingerprint density at radius 2 is 1.70 bits per heavy atom. The third-order valence-corrected chi connectivity index (χ3v) is 8.75. The molecule has 1 saturated heterocycles. The number of H-pyrrole nitrogens is 1. The van der Waals surface area contributed by atoms with Gasteiger partial charge in [0.15, 0.2) is 5.54 Å².